The predicted molar refractivity (Wildman–Crippen MR) is 167 cm³/mol. The molecule has 220 valence electrons. The maximum atomic E-state index is 13.6. The van der Waals surface area contributed by atoms with Crippen LogP contribution in [-0.2, 0) is 0 Å². The number of nitrogens with zero attached hydrogens (tertiary/aromatic N) is 3. The second-order valence-corrected chi connectivity index (χ2v) is 11.6. The van der Waals surface area contributed by atoms with Crippen LogP contribution in [-0.4, -0.2) is 46.2 Å². The van der Waals surface area contributed by atoms with Crippen molar-refractivity contribution in [1.29, 1.82) is 0 Å². The van der Waals surface area contributed by atoms with Gasteiger partial charge in [0.05, 0.1) is 10.9 Å². The molecule has 1 amide bonds. The average Bonchev–Trinajstić information content (AvgIpc) is 2.97. The standard InChI is InChI=1S/C34H40N4O4/c1-22(2)19-38(20-23(3)4)21-28(24(5)36-37-33(40)26-15-17-35-18-16-26)30(25-11-7-6-8-12-25)31-32(39)27-13-9-10-14-29(27)42-34(31)41/h6-18,22-23,28,30,39H,19-21H2,1-5H3,(H,37,40)/b36-24+/t28-,30+/m1/s1. The van der Waals surface area contributed by atoms with Crippen LogP contribution < -0.4 is 11.1 Å². The number of pyridine rings is 1. The lowest BCUT2D eigenvalue weighted by Gasteiger charge is -2.34. The zero-order valence-corrected chi connectivity index (χ0v) is 24.9. The maximum absolute atomic E-state index is 13.6. The van der Waals surface area contributed by atoms with E-state index < -0.39 is 17.5 Å². The summed E-state index contributed by atoms with van der Waals surface area (Å²) >= 11 is 0. The van der Waals surface area contributed by atoms with Crippen molar-refractivity contribution in [3.8, 4) is 5.75 Å². The van der Waals surface area contributed by atoms with Crippen LogP contribution in [0.4, 0.5) is 0 Å². The van der Waals surface area contributed by atoms with E-state index in [2.05, 4.69) is 48.1 Å². The third-order valence-electron chi connectivity index (χ3n) is 7.21. The monoisotopic (exact) mass is 568 g/mol. The molecular weight excluding hydrogens is 528 g/mol. The van der Waals surface area contributed by atoms with E-state index in [-0.39, 0.29) is 17.2 Å². The third kappa shape index (κ3) is 7.50. The van der Waals surface area contributed by atoms with Gasteiger partial charge in [-0.25, -0.2) is 10.2 Å². The van der Waals surface area contributed by atoms with Crippen LogP contribution in [0, 0.1) is 17.8 Å². The highest BCUT2D eigenvalue weighted by atomic mass is 16.4. The Morgan fingerprint density at radius 3 is 2.19 bits per heavy atom. The van der Waals surface area contributed by atoms with Crippen LogP contribution in [0.25, 0.3) is 11.0 Å². The van der Waals surface area contributed by atoms with E-state index in [1.807, 2.05) is 37.3 Å². The first-order valence-electron chi connectivity index (χ1n) is 14.4. The van der Waals surface area contributed by atoms with Gasteiger partial charge in [-0.15, -0.1) is 0 Å². The molecule has 4 aromatic rings. The second-order valence-electron chi connectivity index (χ2n) is 11.6. The Balaban J connectivity index is 1.88. The number of aromatic hydroxyl groups is 1. The van der Waals surface area contributed by atoms with Gasteiger partial charge in [0.1, 0.15) is 11.3 Å². The largest absolute Gasteiger partial charge is 0.507 e. The second kappa shape index (κ2) is 14.0. The van der Waals surface area contributed by atoms with Crippen molar-refractivity contribution in [2.24, 2.45) is 22.9 Å². The van der Waals surface area contributed by atoms with Crippen molar-refractivity contribution in [3.63, 3.8) is 0 Å². The summed E-state index contributed by atoms with van der Waals surface area (Å²) in [4.78, 5) is 32.9. The molecule has 2 heterocycles. The Hall–Kier alpha value is -4.30. The van der Waals surface area contributed by atoms with Gasteiger partial charge in [-0.2, -0.15) is 5.10 Å². The summed E-state index contributed by atoms with van der Waals surface area (Å²) in [6.07, 6.45) is 3.11. The maximum Gasteiger partial charge on any atom is 0.343 e. The number of para-hydroxylation sites is 1. The molecule has 0 fully saturated rings. The third-order valence-corrected chi connectivity index (χ3v) is 7.21. The van der Waals surface area contributed by atoms with Crippen LogP contribution >= 0.6 is 0 Å². The molecule has 4 rings (SSSR count). The lowest BCUT2D eigenvalue weighted by molar-refractivity contribution is 0.0954. The van der Waals surface area contributed by atoms with Gasteiger partial charge in [-0.05, 0) is 48.6 Å². The van der Waals surface area contributed by atoms with E-state index in [1.54, 1.807) is 48.8 Å². The Bertz CT molecular complexity index is 1560. The number of hydrogen-bond donors (Lipinski definition) is 2. The minimum atomic E-state index is -0.601. The Morgan fingerprint density at radius 1 is 0.929 bits per heavy atom. The average molecular weight is 569 g/mol. The molecule has 2 N–H and O–H groups in total. The number of hydrazone groups is 1. The van der Waals surface area contributed by atoms with Crippen molar-refractivity contribution in [3.05, 3.63) is 106 Å². The molecule has 8 heteroatoms. The molecule has 2 atom stereocenters. The molecule has 2 aromatic heterocycles. The minimum absolute atomic E-state index is 0.103. The van der Waals surface area contributed by atoms with Gasteiger partial charge in [-0.3, -0.25) is 9.78 Å². The van der Waals surface area contributed by atoms with Gasteiger partial charge >= 0.3 is 5.63 Å². The molecule has 0 spiro atoms. The van der Waals surface area contributed by atoms with Crippen LogP contribution in [0.15, 0.2) is 93.4 Å². The van der Waals surface area contributed by atoms with Crippen molar-refractivity contribution >= 4 is 22.6 Å². The molecule has 0 aliphatic heterocycles. The number of benzene rings is 2. The highest BCUT2D eigenvalue weighted by Crippen LogP contribution is 2.39. The lowest BCUT2D eigenvalue weighted by Crippen LogP contribution is -2.41. The number of carbonyl (C=O) groups is 1. The van der Waals surface area contributed by atoms with Gasteiger partial charge < -0.3 is 14.4 Å². The smallest absolute Gasteiger partial charge is 0.343 e. The summed E-state index contributed by atoms with van der Waals surface area (Å²) in [6, 6.07) is 19.9. The zero-order chi connectivity index (χ0) is 30.2. The number of hydrogen-bond acceptors (Lipinski definition) is 7. The van der Waals surface area contributed by atoms with E-state index >= 15 is 0 Å². The Kier molecular flexibility index (Phi) is 10.3. The lowest BCUT2D eigenvalue weighted by atomic mass is 9.78. The summed E-state index contributed by atoms with van der Waals surface area (Å²) in [7, 11) is 0. The fraction of sp³-hybridized carbons (Fsp3) is 0.353. The van der Waals surface area contributed by atoms with Crippen LogP contribution in [0.5, 0.6) is 5.75 Å². The van der Waals surface area contributed by atoms with Crippen molar-refractivity contribution < 1.29 is 14.3 Å². The molecule has 0 unspecified atom stereocenters. The first kappa shape index (κ1) is 30.7. The van der Waals surface area contributed by atoms with Crippen molar-refractivity contribution in [1.82, 2.24) is 15.3 Å². The molecule has 0 saturated heterocycles. The van der Waals surface area contributed by atoms with Gasteiger partial charge in [-0.1, -0.05) is 70.2 Å². The number of fused-ring (bicyclic) bond motifs is 1. The SMILES string of the molecule is C/C(=N\NC(=O)c1ccncc1)[C@@H](CN(CC(C)C)CC(C)C)[C@H](c1ccccc1)c1c(O)c2ccccc2oc1=O. The van der Waals surface area contributed by atoms with Crippen molar-refractivity contribution in [2.45, 2.75) is 40.5 Å². The fourth-order valence-corrected chi connectivity index (χ4v) is 5.49. The normalized spacial score (nSPS) is 13.6. The number of amides is 1. The highest BCUT2D eigenvalue weighted by molar-refractivity contribution is 5.95. The Labute approximate surface area is 247 Å². The topological polar surface area (TPSA) is 108 Å². The summed E-state index contributed by atoms with van der Waals surface area (Å²) in [5.41, 5.74) is 4.48. The molecule has 0 radical (unpaired) electrons. The highest BCUT2D eigenvalue weighted by Gasteiger charge is 2.35. The van der Waals surface area contributed by atoms with Gasteiger partial charge in [0.15, 0.2) is 0 Å². The van der Waals surface area contributed by atoms with Gasteiger partial charge in [0.25, 0.3) is 5.91 Å². The van der Waals surface area contributed by atoms with Crippen molar-refractivity contribution in [2.75, 3.05) is 19.6 Å². The first-order chi connectivity index (χ1) is 20.2. The molecule has 2 aromatic carbocycles. The molecule has 0 aliphatic rings. The van der Waals surface area contributed by atoms with E-state index in [0.29, 0.717) is 40.6 Å². The van der Waals surface area contributed by atoms with Crippen LogP contribution in [0.1, 0.15) is 62.0 Å². The van der Waals surface area contributed by atoms with Gasteiger partial charge in [0, 0.05) is 55.1 Å². The van der Waals surface area contributed by atoms with E-state index in [4.69, 9.17) is 4.42 Å². The van der Waals surface area contributed by atoms with E-state index in [0.717, 1.165) is 18.7 Å². The summed E-state index contributed by atoms with van der Waals surface area (Å²) in [5, 5.41) is 16.6. The zero-order valence-electron chi connectivity index (χ0n) is 24.9. The number of nitrogens with one attached hydrogen (secondary N) is 1. The minimum Gasteiger partial charge on any atom is -0.507 e. The van der Waals surface area contributed by atoms with Crippen LogP contribution in [0.2, 0.25) is 0 Å². The summed E-state index contributed by atoms with van der Waals surface area (Å²) < 4.78 is 5.75. The molecule has 0 saturated carbocycles. The van der Waals surface area contributed by atoms with E-state index in [1.165, 1.54) is 0 Å². The van der Waals surface area contributed by atoms with E-state index in [9.17, 15) is 14.7 Å². The summed E-state index contributed by atoms with van der Waals surface area (Å²) in [6.45, 7) is 12.8. The molecule has 42 heavy (non-hydrogen) atoms. The number of carbonyl (C=O) groups excluding carboxylic acids is 1. The molecule has 0 aliphatic carbocycles. The molecular formula is C34H40N4O4. The molecule has 0 bridgehead atoms. The Morgan fingerprint density at radius 2 is 1.55 bits per heavy atom. The fourth-order valence-electron chi connectivity index (χ4n) is 5.49. The quantitative estimate of drug-likeness (QED) is 0.122. The molecule has 8 nitrogen and oxygen atoms in total. The van der Waals surface area contributed by atoms with Crippen LogP contribution in [0.3, 0.4) is 0 Å². The number of rotatable bonds is 12. The van der Waals surface area contributed by atoms with Gasteiger partial charge in [0.2, 0.25) is 0 Å². The first-order valence-corrected chi connectivity index (χ1v) is 14.4. The summed E-state index contributed by atoms with van der Waals surface area (Å²) in [5.74, 6) is -0.646. The predicted octanol–water partition coefficient (Wildman–Crippen LogP) is 6.06. The number of aromatic nitrogens is 1.